The second-order valence-corrected chi connectivity index (χ2v) is 6.79. The molecule has 0 atom stereocenters. The number of pyridine rings is 1. The summed E-state index contributed by atoms with van der Waals surface area (Å²) in [5.74, 6) is -1.40. The minimum absolute atomic E-state index is 0.105. The number of carboxylic acids is 1. The number of hydrogen-bond donors (Lipinski definition) is 2. The number of carbonyl (C=O) groups excluding carboxylic acids is 1. The van der Waals surface area contributed by atoms with Crippen molar-refractivity contribution in [3.63, 3.8) is 0 Å². The summed E-state index contributed by atoms with van der Waals surface area (Å²) in [4.78, 5) is 27.7. The second kappa shape index (κ2) is 6.92. The molecule has 1 aliphatic rings. The zero-order valence-corrected chi connectivity index (χ0v) is 13.4. The highest BCUT2D eigenvalue weighted by Gasteiger charge is 2.33. The van der Waals surface area contributed by atoms with Crippen LogP contribution in [0.15, 0.2) is 23.2 Å². The van der Waals surface area contributed by atoms with E-state index >= 15 is 0 Å². The molecule has 0 bridgehead atoms. The SMILES string of the molecule is CCNC(=O)N1CCN(S(=O)(=O)c2cccnc2C(=O)O)CC1. The molecule has 10 heteroatoms. The predicted molar refractivity (Wildman–Crippen MR) is 80.6 cm³/mol. The van der Waals surface area contributed by atoms with E-state index < -0.39 is 21.7 Å². The van der Waals surface area contributed by atoms with Crippen molar-refractivity contribution in [3.05, 3.63) is 24.0 Å². The van der Waals surface area contributed by atoms with Crippen molar-refractivity contribution in [2.45, 2.75) is 11.8 Å². The summed E-state index contributed by atoms with van der Waals surface area (Å²) in [6, 6.07) is 2.36. The standard InChI is InChI=1S/C13H18N4O5S/c1-2-14-13(20)16-6-8-17(9-7-16)23(21,22)10-4-3-5-15-11(10)12(18)19/h3-5H,2,6-9H2,1H3,(H,14,20)(H,18,19). The number of sulfonamides is 1. The van der Waals surface area contributed by atoms with Crippen molar-refractivity contribution < 1.29 is 23.1 Å². The van der Waals surface area contributed by atoms with E-state index in [2.05, 4.69) is 10.3 Å². The summed E-state index contributed by atoms with van der Waals surface area (Å²) in [5.41, 5.74) is -0.501. The van der Waals surface area contributed by atoms with Gasteiger partial charge < -0.3 is 15.3 Å². The van der Waals surface area contributed by atoms with Gasteiger partial charge in [-0.05, 0) is 19.1 Å². The molecule has 0 aromatic carbocycles. The van der Waals surface area contributed by atoms with E-state index in [1.165, 1.54) is 27.5 Å². The largest absolute Gasteiger partial charge is 0.476 e. The van der Waals surface area contributed by atoms with Crippen LogP contribution in [-0.2, 0) is 10.0 Å². The number of aromatic carboxylic acids is 1. The molecule has 1 aliphatic heterocycles. The first-order valence-electron chi connectivity index (χ1n) is 7.09. The average Bonchev–Trinajstić information content (AvgIpc) is 2.55. The first-order chi connectivity index (χ1) is 10.9. The smallest absolute Gasteiger partial charge is 0.355 e. The molecule has 0 radical (unpaired) electrons. The Labute approximate surface area is 134 Å². The van der Waals surface area contributed by atoms with Gasteiger partial charge in [0.05, 0.1) is 0 Å². The van der Waals surface area contributed by atoms with Crippen LogP contribution in [0.5, 0.6) is 0 Å². The molecule has 0 spiro atoms. The van der Waals surface area contributed by atoms with Gasteiger partial charge in [0.25, 0.3) is 0 Å². The average molecular weight is 342 g/mol. The summed E-state index contributed by atoms with van der Waals surface area (Å²) >= 11 is 0. The van der Waals surface area contributed by atoms with Gasteiger partial charge >= 0.3 is 12.0 Å². The highest BCUT2D eigenvalue weighted by molar-refractivity contribution is 7.89. The molecule has 2 heterocycles. The van der Waals surface area contributed by atoms with E-state index in [0.717, 1.165) is 0 Å². The lowest BCUT2D eigenvalue weighted by atomic mass is 10.3. The van der Waals surface area contributed by atoms with Crippen LogP contribution in [0.1, 0.15) is 17.4 Å². The van der Waals surface area contributed by atoms with Gasteiger partial charge in [-0.15, -0.1) is 0 Å². The number of amides is 2. The lowest BCUT2D eigenvalue weighted by Gasteiger charge is -2.34. The van der Waals surface area contributed by atoms with Crippen LogP contribution < -0.4 is 5.32 Å². The fraction of sp³-hybridized carbons (Fsp3) is 0.462. The third-order valence-corrected chi connectivity index (χ3v) is 5.38. The molecular weight excluding hydrogens is 324 g/mol. The molecule has 1 aromatic heterocycles. The Hall–Kier alpha value is -2.20. The van der Waals surface area contributed by atoms with Crippen LogP contribution in [-0.4, -0.2) is 72.4 Å². The number of hydrogen-bond acceptors (Lipinski definition) is 5. The number of carbonyl (C=O) groups is 2. The summed E-state index contributed by atoms with van der Waals surface area (Å²) in [5, 5.41) is 11.8. The molecule has 2 rings (SSSR count). The summed E-state index contributed by atoms with van der Waals surface area (Å²) < 4.78 is 26.4. The predicted octanol–water partition coefficient (Wildman–Crippen LogP) is -0.184. The Kier molecular flexibility index (Phi) is 5.16. The number of piperazine rings is 1. The van der Waals surface area contributed by atoms with E-state index in [1.807, 2.05) is 0 Å². The van der Waals surface area contributed by atoms with Gasteiger partial charge in [-0.2, -0.15) is 4.31 Å². The van der Waals surface area contributed by atoms with Crippen LogP contribution in [0.3, 0.4) is 0 Å². The van der Waals surface area contributed by atoms with E-state index in [-0.39, 0.29) is 37.1 Å². The van der Waals surface area contributed by atoms with Crippen molar-refractivity contribution in [3.8, 4) is 0 Å². The quantitative estimate of drug-likeness (QED) is 0.783. The summed E-state index contributed by atoms with van der Waals surface area (Å²) in [6.45, 7) is 2.99. The monoisotopic (exact) mass is 342 g/mol. The molecule has 1 saturated heterocycles. The Morgan fingerprint density at radius 1 is 1.30 bits per heavy atom. The third-order valence-electron chi connectivity index (χ3n) is 3.44. The number of nitrogens with one attached hydrogen (secondary N) is 1. The van der Waals surface area contributed by atoms with E-state index in [9.17, 15) is 18.0 Å². The third kappa shape index (κ3) is 3.59. The lowest BCUT2D eigenvalue weighted by molar-refractivity contribution is 0.0685. The van der Waals surface area contributed by atoms with Crippen molar-refractivity contribution in [2.75, 3.05) is 32.7 Å². The number of nitrogens with zero attached hydrogens (tertiary/aromatic N) is 3. The molecule has 1 aromatic rings. The van der Waals surface area contributed by atoms with Crippen molar-refractivity contribution in [2.24, 2.45) is 0 Å². The van der Waals surface area contributed by atoms with Crippen molar-refractivity contribution in [1.29, 1.82) is 0 Å². The summed E-state index contributed by atoms with van der Waals surface area (Å²) in [6.07, 6.45) is 1.23. The Balaban J connectivity index is 2.17. The highest BCUT2D eigenvalue weighted by Crippen LogP contribution is 2.20. The van der Waals surface area contributed by atoms with Crippen molar-refractivity contribution in [1.82, 2.24) is 19.5 Å². The molecule has 9 nitrogen and oxygen atoms in total. The Morgan fingerprint density at radius 3 is 2.52 bits per heavy atom. The number of aromatic nitrogens is 1. The van der Waals surface area contributed by atoms with Crippen LogP contribution in [0, 0.1) is 0 Å². The van der Waals surface area contributed by atoms with Crippen molar-refractivity contribution >= 4 is 22.0 Å². The molecule has 0 saturated carbocycles. The zero-order valence-electron chi connectivity index (χ0n) is 12.6. The molecule has 2 amide bonds. The van der Waals surface area contributed by atoms with Crippen LogP contribution >= 0.6 is 0 Å². The molecule has 126 valence electrons. The topological polar surface area (TPSA) is 120 Å². The maximum absolute atomic E-state index is 12.6. The first kappa shape index (κ1) is 17.2. The summed E-state index contributed by atoms with van der Waals surface area (Å²) in [7, 11) is -3.97. The normalized spacial score (nSPS) is 16.1. The van der Waals surface area contributed by atoms with E-state index in [1.54, 1.807) is 6.92 Å². The van der Waals surface area contributed by atoms with Crippen LogP contribution in [0.4, 0.5) is 4.79 Å². The first-order valence-corrected chi connectivity index (χ1v) is 8.53. The van der Waals surface area contributed by atoms with Gasteiger partial charge in [0.15, 0.2) is 5.69 Å². The number of urea groups is 1. The van der Waals surface area contributed by atoms with E-state index in [4.69, 9.17) is 5.11 Å². The molecule has 2 N–H and O–H groups in total. The molecule has 0 aliphatic carbocycles. The highest BCUT2D eigenvalue weighted by atomic mass is 32.2. The molecule has 23 heavy (non-hydrogen) atoms. The maximum atomic E-state index is 12.6. The fourth-order valence-electron chi connectivity index (χ4n) is 2.29. The van der Waals surface area contributed by atoms with Gasteiger partial charge in [-0.1, -0.05) is 0 Å². The van der Waals surface area contributed by atoms with Gasteiger partial charge in [-0.25, -0.2) is 23.0 Å². The Morgan fingerprint density at radius 2 is 1.96 bits per heavy atom. The van der Waals surface area contributed by atoms with Gasteiger partial charge in [0.2, 0.25) is 10.0 Å². The molecule has 1 fully saturated rings. The Bertz CT molecular complexity index is 698. The maximum Gasteiger partial charge on any atom is 0.355 e. The number of rotatable bonds is 4. The van der Waals surface area contributed by atoms with Gasteiger partial charge in [-0.3, -0.25) is 0 Å². The van der Waals surface area contributed by atoms with Crippen LogP contribution in [0.2, 0.25) is 0 Å². The van der Waals surface area contributed by atoms with Gasteiger partial charge in [0, 0.05) is 38.9 Å². The van der Waals surface area contributed by atoms with Gasteiger partial charge in [0.1, 0.15) is 4.90 Å². The fourth-order valence-corrected chi connectivity index (χ4v) is 3.85. The minimum Gasteiger partial charge on any atom is -0.476 e. The second-order valence-electron chi connectivity index (χ2n) is 4.88. The minimum atomic E-state index is -3.97. The molecule has 0 unspecified atom stereocenters. The number of carboxylic acid groups (broad SMARTS) is 1. The van der Waals surface area contributed by atoms with E-state index in [0.29, 0.717) is 6.54 Å². The zero-order chi connectivity index (χ0) is 17.0. The molecular formula is C13H18N4O5S. The van der Waals surface area contributed by atoms with Crippen LogP contribution in [0.25, 0.3) is 0 Å². The lowest BCUT2D eigenvalue weighted by Crippen LogP contribution is -2.53.